The number of carboxylic acids is 1. The van der Waals surface area contributed by atoms with Crippen LogP contribution >= 0.6 is 0 Å². The van der Waals surface area contributed by atoms with E-state index in [1.807, 2.05) is 0 Å². The summed E-state index contributed by atoms with van der Waals surface area (Å²) in [6, 6.07) is -1.08. The summed E-state index contributed by atoms with van der Waals surface area (Å²) in [6.07, 6.45) is -0.404. The maximum atomic E-state index is 14.0. The first-order valence-electron chi connectivity index (χ1n) is 9.15. The summed E-state index contributed by atoms with van der Waals surface area (Å²) in [5.41, 5.74) is 6.19. The molecule has 0 bridgehead atoms. The summed E-state index contributed by atoms with van der Waals surface area (Å²) < 4.78 is 19.1. The molecule has 0 spiro atoms. The number of hydrogen-bond acceptors (Lipinski definition) is 7. The Kier molecular flexibility index (Phi) is 6.41. The van der Waals surface area contributed by atoms with E-state index in [1.165, 1.54) is 7.11 Å². The number of carbonyl (C=O) groups is 2. The van der Waals surface area contributed by atoms with Gasteiger partial charge in [-0.05, 0) is 25.7 Å². The number of methoxy groups -OCH3 is 1. The lowest BCUT2D eigenvalue weighted by atomic mass is 9.81. The van der Waals surface area contributed by atoms with E-state index in [2.05, 4.69) is 26.4 Å². The number of carbonyl (C=O) groups excluding carboxylic acids is 1. The Morgan fingerprint density at radius 2 is 2.08 bits per heavy atom. The second-order valence-electron chi connectivity index (χ2n) is 7.23. The highest BCUT2D eigenvalue weighted by atomic mass is 19.1. The monoisotopic (exact) mass is 373 g/mol. The third kappa shape index (κ3) is 4.32. The van der Waals surface area contributed by atoms with E-state index in [-0.39, 0.29) is 24.9 Å². The summed E-state index contributed by atoms with van der Waals surface area (Å²) in [4.78, 5) is 26.3. The smallest absolute Gasteiger partial charge is 0.308 e. The Labute approximate surface area is 152 Å². The average molecular weight is 373 g/mol. The first-order valence-corrected chi connectivity index (χ1v) is 9.15. The van der Waals surface area contributed by atoms with E-state index in [4.69, 9.17) is 4.74 Å². The molecule has 3 aliphatic rings. The van der Waals surface area contributed by atoms with E-state index in [0.717, 1.165) is 26.2 Å². The van der Waals surface area contributed by atoms with Gasteiger partial charge in [0.2, 0.25) is 5.91 Å². The Morgan fingerprint density at radius 3 is 2.65 bits per heavy atom. The first kappa shape index (κ1) is 19.4. The molecule has 26 heavy (non-hydrogen) atoms. The summed E-state index contributed by atoms with van der Waals surface area (Å²) in [5, 5.41) is 15.4. The summed E-state index contributed by atoms with van der Waals surface area (Å²) in [6.45, 7) is 2.74. The SMILES string of the molecule is COC1CC(NC(=O)C2CCC(N3CCNC3)NN2)C(C(=O)O)CC1F. The summed E-state index contributed by atoms with van der Waals surface area (Å²) >= 11 is 0. The van der Waals surface area contributed by atoms with Gasteiger partial charge in [0, 0.05) is 32.9 Å². The Balaban J connectivity index is 1.53. The van der Waals surface area contributed by atoms with Gasteiger partial charge in [-0.25, -0.2) is 15.2 Å². The van der Waals surface area contributed by atoms with Crippen molar-refractivity contribution in [3.8, 4) is 0 Å². The van der Waals surface area contributed by atoms with Crippen molar-refractivity contribution in [3.63, 3.8) is 0 Å². The van der Waals surface area contributed by atoms with Crippen LogP contribution in [-0.4, -0.2) is 79.3 Å². The van der Waals surface area contributed by atoms with Gasteiger partial charge in [-0.15, -0.1) is 0 Å². The molecule has 1 amide bonds. The molecular weight excluding hydrogens is 345 g/mol. The zero-order chi connectivity index (χ0) is 18.7. The zero-order valence-electron chi connectivity index (χ0n) is 14.9. The molecule has 0 radical (unpaired) electrons. The van der Waals surface area contributed by atoms with Gasteiger partial charge in [0.25, 0.3) is 0 Å². The van der Waals surface area contributed by atoms with Crippen molar-refractivity contribution < 1.29 is 23.8 Å². The Morgan fingerprint density at radius 1 is 1.27 bits per heavy atom. The molecule has 0 aromatic heterocycles. The van der Waals surface area contributed by atoms with Gasteiger partial charge in [0.15, 0.2) is 0 Å². The second kappa shape index (κ2) is 8.57. The number of hydrazine groups is 1. The normalized spacial score (nSPS) is 38.8. The predicted octanol–water partition coefficient (Wildman–Crippen LogP) is -1.24. The van der Waals surface area contributed by atoms with Gasteiger partial charge >= 0.3 is 5.97 Å². The number of hydrogen-bond donors (Lipinski definition) is 5. The number of nitrogens with zero attached hydrogens (tertiary/aromatic N) is 1. The minimum absolute atomic E-state index is 0.154. The minimum atomic E-state index is -1.33. The minimum Gasteiger partial charge on any atom is -0.481 e. The third-order valence-electron chi connectivity index (χ3n) is 5.60. The fourth-order valence-corrected chi connectivity index (χ4v) is 4.01. The maximum absolute atomic E-state index is 14.0. The van der Waals surface area contributed by atoms with Crippen molar-refractivity contribution in [1.82, 2.24) is 26.4 Å². The number of halogens is 1. The van der Waals surface area contributed by atoms with E-state index in [1.54, 1.807) is 0 Å². The molecule has 6 atom stereocenters. The van der Waals surface area contributed by atoms with Gasteiger partial charge in [-0.3, -0.25) is 14.5 Å². The van der Waals surface area contributed by atoms with Crippen LogP contribution in [0.15, 0.2) is 0 Å². The number of amides is 1. The van der Waals surface area contributed by atoms with Crippen molar-refractivity contribution >= 4 is 11.9 Å². The van der Waals surface area contributed by atoms with Crippen molar-refractivity contribution in [2.75, 3.05) is 26.9 Å². The number of ether oxygens (including phenoxy) is 1. The molecule has 9 nitrogen and oxygen atoms in total. The number of rotatable bonds is 5. The van der Waals surface area contributed by atoms with Gasteiger partial charge in [-0.2, -0.15) is 0 Å². The van der Waals surface area contributed by atoms with Gasteiger partial charge in [0.1, 0.15) is 12.2 Å². The van der Waals surface area contributed by atoms with Crippen LogP contribution in [0.5, 0.6) is 0 Å². The van der Waals surface area contributed by atoms with E-state index in [0.29, 0.717) is 6.42 Å². The molecule has 2 heterocycles. The summed E-state index contributed by atoms with van der Waals surface area (Å²) in [5.74, 6) is -2.30. The molecular formula is C16H28FN5O4. The Bertz CT molecular complexity index is 511. The molecule has 2 aliphatic heterocycles. The molecule has 10 heteroatoms. The third-order valence-corrected chi connectivity index (χ3v) is 5.60. The average Bonchev–Trinajstić information content (AvgIpc) is 3.17. The van der Waals surface area contributed by atoms with Crippen LogP contribution in [0.3, 0.4) is 0 Å². The molecule has 5 N–H and O–H groups in total. The van der Waals surface area contributed by atoms with Gasteiger partial charge in [-0.1, -0.05) is 0 Å². The largest absolute Gasteiger partial charge is 0.481 e. The highest BCUT2D eigenvalue weighted by Crippen LogP contribution is 2.29. The van der Waals surface area contributed by atoms with E-state index in [9.17, 15) is 19.1 Å². The van der Waals surface area contributed by atoms with Gasteiger partial charge in [0.05, 0.1) is 18.2 Å². The first-order chi connectivity index (χ1) is 12.5. The number of alkyl halides is 1. The predicted molar refractivity (Wildman–Crippen MR) is 90.6 cm³/mol. The number of nitrogens with one attached hydrogen (secondary N) is 4. The lowest BCUT2D eigenvalue weighted by molar-refractivity contribution is -0.147. The van der Waals surface area contributed by atoms with Crippen molar-refractivity contribution in [1.29, 1.82) is 0 Å². The van der Waals surface area contributed by atoms with Gasteiger partial charge < -0.3 is 20.5 Å². The lowest BCUT2D eigenvalue weighted by Gasteiger charge is -2.38. The Hall–Kier alpha value is -1.33. The van der Waals surface area contributed by atoms with E-state index >= 15 is 0 Å². The highest BCUT2D eigenvalue weighted by molar-refractivity contribution is 5.83. The van der Waals surface area contributed by atoms with Crippen LogP contribution in [0, 0.1) is 5.92 Å². The molecule has 3 fully saturated rings. The van der Waals surface area contributed by atoms with Crippen molar-refractivity contribution in [3.05, 3.63) is 0 Å². The molecule has 0 aromatic carbocycles. The maximum Gasteiger partial charge on any atom is 0.308 e. The highest BCUT2D eigenvalue weighted by Gasteiger charge is 2.42. The molecule has 2 saturated heterocycles. The quantitative estimate of drug-likeness (QED) is 0.407. The van der Waals surface area contributed by atoms with Crippen LogP contribution in [-0.2, 0) is 14.3 Å². The van der Waals surface area contributed by atoms with Crippen LogP contribution in [0.1, 0.15) is 25.7 Å². The van der Waals surface area contributed by atoms with Crippen molar-refractivity contribution in [2.24, 2.45) is 5.92 Å². The molecule has 6 unspecified atom stereocenters. The zero-order valence-corrected chi connectivity index (χ0v) is 14.9. The van der Waals surface area contributed by atoms with Crippen LogP contribution in [0.2, 0.25) is 0 Å². The summed E-state index contributed by atoms with van der Waals surface area (Å²) in [7, 11) is 1.40. The molecule has 1 saturated carbocycles. The second-order valence-corrected chi connectivity index (χ2v) is 7.23. The molecule has 3 rings (SSSR count). The van der Waals surface area contributed by atoms with Crippen LogP contribution in [0.4, 0.5) is 4.39 Å². The fraction of sp³-hybridized carbons (Fsp3) is 0.875. The lowest BCUT2D eigenvalue weighted by Crippen LogP contribution is -2.63. The molecule has 1 aliphatic carbocycles. The van der Waals surface area contributed by atoms with E-state index < -0.39 is 36.2 Å². The molecule has 0 aromatic rings. The number of carboxylic acid groups (broad SMARTS) is 1. The topological polar surface area (TPSA) is 115 Å². The molecule has 148 valence electrons. The standard InChI is InChI=1S/C16H28FN5O4/c1-26-13-7-12(9(16(24)25)6-10(13)17)19-15(23)11-2-3-14(21-20-11)22-5-4-18-8-22/h9-14,18,20-21H,2-8H2,1H3,(H,19,23)(H,24,25). The van der Waals surface area contributed by atoms with Crippen LogP contribution < -0.4 is 21.5 Å². The van der Waals surface area contributed by atoms with Crippen LogP contribution in [0.25, 0.3) is 0 Å². The fourth-order valence-electron chi connectivity index (χ4n) is 4.01. The number of aliphatic carboxylic acids is 1. The van der Waals surface area contributed by atoms with Crippen molar-refractivity contribution in [2.45, 2.75) is 56.2 Å².